The van der Waals surface area contributed by atoms with Crippen LogP contribution in [0.4, 0.5) is 4.39 Å². The summed E-state index contributed by atoms with van der Waals surface area (Å²) in [6, 6.07) is 5.56. The first-order chi connectivity index (χ1) is 10.6. The Morgan fingerprint density at radius 1 is 1.45 bits per heavy atom. The van der Waals surface area contributed by atoms with Gasteiger partial charge in [-0.1, -0.05) is 12.1 Å². The Labute approximate surface area is 128 Å². The van der Waals surface area contributed by atoms with Gasteiger partial charge in [0.25, 0.3) is 0 Å². The zero-order valence-electron chi connectivity index (χ0n) is 12.4. The molecule has 1 aliphatic heterocycles. The number of hydrogen-bond donors (Lipinski definition) is 1. The number of amides is 1. The highest BCUT2D eigenvalue weighted by Crippen LogP contribution is 2.16. The van der Waals surface area contributed by atoms with Crippen LogP contribution in [0.3, 0.4) is 0 Å². The number of carbonyl (C=O) groups excluding carboxylic acids is 2. The molecule has 0 spiro atoms. The van der Waals surface area contributed by atoms with Gasteiger partial charge >= 0.3 is 5.97 Å². The Balaban J connectivity index is 1.90. The van der Waals surface area contributed by atoms with Crippen LogP contribution >= 0.6 is 0 Å². The molecule has 1 heterocycles. The van der Waals surface area contributed by atoms with E-state index in [-0.39, 0.29) is 24.7 Å². The molecule has 1 N–H and O–H groups in total. The lowest BCUT2D eigenvalue weighted by molar-refractivity contribution is -0.146. The van der Waals surface area contributed by atoms with Gasteiger partial charge in [-0.2, -0.15) is 0 Å². The largest absolute Gasteiger partial charge is 0.489 e. The van der Waals surface area contributed by atoms with Crippen LogP contribution in [-0.2, 0) is 14.3 Å². The number of nitrogens with zero attached hydrogens (tertiary/aromatic N) is 1. The monoisotopic (exact) mass is 310 g/mol. The molecule has 0 bridgehead atoms. The zero-order chi connectivity index (χ0) is 15.9. The molecule has 0 aromatic heterocycles. The van der Waals surface area contributed by atoms with Gasteiger partial charge in [-0.05, 0) is 12.1 Å². The molecule has 6 nitrogen and oxygen atoms in total. The number of hydrogen-bond acceptors (Lipinski definition) is 5. The second-order valence-electron chi connectivity index (χ2n) is 4.90. The fourth-order valence-electron chi connectivity index (χ4n) is 2.33. The van der Waals surface area contributed by atoms with E-state index in [9.17, 15) is 14.0 Å². The smallest absolute Gasteiger partial charge is 0.307 e. The molecular formula is C15H19FN2O4. The summed E-state index contributed by atoms with van der Waals surface area (Å²) in [6.45, 7) is 1.76. The van der Waals surface area contributed by atoms with E-state index in [0.29, 0.717) is 19.6 Å². The molecule has 0 saturated carbocycles. The van der Waals surface area contributed by atoms with Crippen molar-refractivity contribution in [2.75, 3.05) is 33.4 Å². The summed E-state index contributed by atoms with van der Waals surface area (Å²) in [5.74, 6) is -0.900. The SMILES string of the molecule is COC(=O)C[C@H]1C(=O)NCCN1CCOc1ccccc1F. The average molecular weight is 310 g/mol. The van der Waals surface area contributed by atoms with E-state index >= 15 is 0 Å². The Hall–Kier alpha value is -2.15. The van der Waals surface area contributed by atoms with Crippen molar-refractivity contribution in [2.45, 2.75) is 12.5 Å². The lowest BCUT2D eigenvalue weighted by Gasteiger charge is -2.34. The molecule has 7 heteroatoms. The number of nitrogens with one attached hydrogen (secondary N) is 1. The number of benzene rings is 1. The molecule has 1 amide bonds. The second-order valence-corrected chi connectivity index (χ2v) is 4.90. The maximum absolute atomic E-state index is 13.4. The summed E-state index contributed by atoms with van der Waals surface area (Å²) in [4.78, 5) is 25.1. The lowest BCUT2D eigenvalue weighted by Crippen LogP contribution is -2.56. The van der Waals surface area contributed by atoms with Crippen molar-refractivity contribution in [3.8, 4) is 5.75 Å². The Morgan fingerprint density at radius 2 is 2.23 bits per heavy atom. The average Bonchev–Trinajstić information content (AvgIpc) is 2.52. The van der Waals surface area contributed by atoms with Crippen molar-refractivity contribution in [1.29, 1.82) is 0 Å². The van der Waals surface area contributed by atoms with Gasteiger partial charge in [-0.15, -0.1) is 0 Å². The van der Waals surface area contributed by atoms with Gasteiger partial charge in [-0.3, -0.25) is 14.5 Å². The van der Waals surface area contributed by atoms with Gasteiger partial charge in [0.2, 0.25) is 5.91 Å². The highest BCUT2D eigenvalue weighted by atomic mass is 19.1. The fourth-order valence-corrected chi connectivity index (χ4v) is 2.33. The summed E-state index contributed by atoms with van der Waals surface area (Å²) in [6.07, 6.45) is -0.0119. The van der Waals surface area contributed by atoms with Crippen molar-refractivity contribution in [3.63, 3.8) is 0 Å². The van der Waals surface area contributed by atoms with E-state index in [4.69, 9.17) is 4.74 Å². The number of esters is 1. The molecule has 1 saturated heterocycles. The third-order valence-corrected chi connectivity index (χ3v) is 3.50. The quantitative estimate of drug-likeness (QED) is 0.778. The Kier molecular flexibility index (Phi) is 5.71. The lowest BCUT2D eigenvalue weighted by atomic mass is 10.1. The van der Waals surface area contributed by atoms with Crippen molar-refractivity contribution >= 4 is 11.9 Å². The summed E-state index contributed by atoms with van der Waals surface area (Å²) < 4.78 is 23.5. The third kappa shape index (κ3) is 4.17. The topological polar surface area (TPSA) is 67.9 Å². The van der Waals surface area contributed by atoms with E-state index < -0.39 is 17.8 Å². The molecule has 120 valence electrons. The van der Waals surface area contributed by atoms with Crippen LogP contribution in [0.5, 0.6) is 5.75 Å². The predicted octanol–water partition coefficient (Wildman–Crippen LogP) is 0.568. The van der Waals surface area contributed by atoms with Crippen LogP contribution in [0.25, 0.3) is 0 Å². The predicted molar refractivity (Wildman–Crippen MR) is 76.9 cm³/mol. The summed E-state index contributed by atoms with van der Waals surface area (Å²) in [5.41, 5.74) is 0. The summed E-state index contributed by atoms with van der Waals surface area (Å²) >= 11 is 0. The van der Waals surface area contributed by atoms with Crippen molar-refractivity contribution in [3.05, 3.63) is 30.1 Å². The Morgan fingerprint density at radius 3 is 2.95 bits per heavy atom. The molecule has 1 fully saturated rings. The molecule has 22 heavy (non-hydrogen) atoms. The van der Waals surface area contributed by atoms with E-state index in [0.717, 1.165) is 0 Å². The van der Waals surface area contributed by atoms with E-state index in [1.54, 1.807) is 18.2 Å². The molecule has 2 rings (SSSR count). The maximum Gasteiger partial charge on any atom is 0.307 e. The Bertz CT molecular complexity index is 538. The molecule has 1 aromatic rings. The van der Waals surface area contributed by atoms with Crippen LogP contribution in [0.1, 0.15) is 6.42 Å². The number of rotatable bonds is 6. The number of halogens is 1. The van der Waals surface area contributed by atoms with E-state index in [2.05, 4.69) is 10.1 Å². The van der Waals surface area contributed by atoms with E-state index in [1.165, 1.54) is 13.2 Å². The van der Waals surface area contributed by atoms with Crippen LogP contribution in [0.2, 0.25) is 0 Å². The van der Waals surface area contributed by atoms with Gasteiger partial charge in [0.1, 0.15) is 6.61 Å². The van der Waals surface area contributed by atoms with Crippen LogP contribution in [0.15, 0.2) is 24.3 Å². The molecule has 1 aromatic carbocycles. The van der Waals surface area contributed by atoms with Crippen molar-refractivity contribution in [2.24, 2.45) is 0 Å². The zero-order valence-corrected chi connectivity index (χ0v) is 12.4. The van der Waals surface area contributed by atoms with Gasteiger partial charge < -0.3 is 14.8 Å². The normalized spacial score (nSPS) is 18.6. The van der Waals surface area contributed by atoms with Crippen LogP contribution in [-0.4, -0.2) is 56.2 Å². The number of ether oxygens (including phenoxy) is 2. The van der Waals surface area contributed by atoms with Gasteiger partial charge in [0.05, 0.1) is 19.6 Å². The first-order valence-electron chi connectivity index (χ1n) is 7.07. The number of para-hydroxylation sites is 1. The highest BCUT2D eigenvalue weighted by Gasteiger charge is 2.31. The second kappa shape index (κ2) is 7.74. The summed E-state index contributed by atoms with van der Waals surface area (Å²) in [5, 5.41) is 2.72. The number of piperazine rings is 1. The standard InChI is InChI=1S/C15H19FN2O4/c1-21-14(19)10-12-15(20)17-6-7-18(12)8-9-22-13-5-3-2-4-11(13)16/h2-5,12H,6-10H2,1H3,(H,17,20)/t12-/m0/s1. The minimum Gasteiger partial charge on any atom is -0.489 e. The van der Waals surface area contributed by atoms with Gasteiger partial charge in [-0.25, -0.2) is 4.39 Å². The van der Waals surface area contributed by atoms with Crippen LogP contribution in [0, 0.1) is 5.82 Å². The minimum atomic E-state index is -0.578. The third-order valence-electron chi connectivity index (χ3n) is 3.50. The van der Waals surface area contributed by atoms with Gasteiger partial charge in [0, 0.05) is 19.6 Å². The summed E-state index contributed by atoms with van der Waals surface area (Å²) in [7, 11) is 1.29. The van der Waals surface area contributed by atoms with Gasteiger partial charge in [0.15, 0.2) is 11.6 Å². The minimum absolute atomic E-state index is 0.0119. The molecule has 0 unspecified atom stereocenters. The molecule has 1 aliphatic rings. The van der Waals surface area contributed by atoms with E-state index in [1.807, 2.05) is 4.90 Å². The molecule has 0 radical (unpaired) electrons. The van der Waals surface area contributed by atoms with Crippen LogP contribution < -0.4 is 10.1 Å². The molecule has 0 aliphatic carbocycles. The highest BCUT2D eigenvalue weighted by molar-refractivity contribution is 5.87. The molecule has 1 atom stereocenters. The maximum atomic E-state index is 13.4. The fraction of sp³-hybridized carbons (Fsp3) is 0.467. The molecular weight excluding hydrogens is 291 g/mol. The van der Waals surface area contributed by atoms with Crippen molar-refractivity contribution < 1.29 is 23.5 Å². The first kappa shape index (κ1) is 16.2. The first-order valence-corrected chi connectivity index (χ1v) is 7.07. The number of methoxy groups -OCH3 is 1. The van der Waals surface area contributed by atoms with Crippen molar-refractivity contribution in [1.82, 2.24) is 10.2 Å². The number of carbonyl (C=O) groups is 2.